The molecule has 0 N–H and O–H groups in total. The van der Waals surface area contributed by atoms with Gasteiger partial charge in [-0.15, -0.1) is 0 Å². The molecular weight excluding hydrogens is 382 g/mol. The Morgan fingerprint density at radius 3 is 2.52 bits per heavy atom. The Morgan fingerprint density at radius 2 is 1.86 bits per heavy atom. The molecule has 29 heavy (non-hydrogen) atoms. The molecule has 0 saturated heterocycles. The third-order valence-electron chi connectivity index (χ3n) is 5.32. The predicted molar refractivity (Wildman–Crippen MR) is 118 cm³/mol. The van der Waals surface area contributed by atoms with Crippen molar-refractivity contribution in [1.82, 2.24) is 14.5 Å². The fourth-order valence-corrected chi connectivity index (χ4v) is 4.45. The minimum atomic E-state index is -0.107. The number of para-hydroxylation sites is 1. The highest BCUT2D eigenvalue weighted by Crippen LogP contribution is 2.28. The zero-order chi connectivity index (χ0) is 20.4. The number of fused-ring (bicyclic) bond motifs is 1. The summed E-state index contributed by atoms with van der Waals surface area (Å²) in [5.74, 6) is 0.387. The average molecular weight is 408 g/mol. The molecule has 0 atom stereocenters. The molecule has 6 heteroatoms. The third kappa shape index (κ3) is 4.08. The number of hydrogen-bond acceptors (Lipinski definition) is 4. The Labute approximate surface area is 174 Å². The number of rotatable bonds is 7. The largest absolute Gasteiger partial charge is 0.339 e. The van der Waals surface area contributed by atoms with Crippen molar-refractivity contribution < 1.29 is 4.79 Å². The molecule has 5 nitrogen and oxygen atoms in total. The van der Waals surface area contributed by atoms with Gasteiger partial charge in [0.1, 0.15) is 0 Å². The summed E-state index contributed by atoms with van der Waals surface area (Å²) in [6, 6.07) is 15.7. The lowest BCUT2D eigenvalue weighted by atomic mass is 10.1. The van der Waals surface area contributed by atoms with E-state index in [4.69, 9.17) is 4.98 Å². The van der Waals surface area contributed by atoms with Crippen molar-refractivity contribution in [3.63, 3.8) is 0 Å². The molecule has 4 rings (SSSR count). The van der Waals surface area contributed by atoms with Gasteiger partial charge in [-0.25, -0.2) is 4.98 Å². The number of benzene rings is 2. The number of carbonyl (C=O) groups excluding carboxylic acids is 1. The fourth-order valence-electron chi connectivity index (χ4n) is 3.55. The van der Waals surface area contributed by atoms with E-state index < -0.39 is 0 Å². The molecule has 0 bridgehead atoms. The van der Waals surface area contributed by atoms with Gasteiger partial charge in [0.25, 0.3) is 5.56 Å². The van der Waals surface area contributed by atoms with Crippen LogP contribution in [-0.4, -0.2) is 38.7 Å². The van der Waals surface area contributed by atoms with E-state index >= 15 is 0 Å². The highest BCUT2D eigenvalue weighted by Gasteiger charge is 2.31. The topological polar surface area (TPSA) is 55.2 Å². The fraction of sp³-hybridized carbons (Fsp3) is 0.348. The first-order valence-corrected chi connectivity index (χ1v) is 11.1. The molecule has 150 valence electrons. The summed E-state index contributed by atoms with van der Waals surface area (Å²) < 4.78 is 1.63. The molecule has 1 saturated carbocycles. The second kappa shape index (κ2) is 8.41. The van der Waals surface area contributed by atoms with E-state index in [9.17, 15) is 9.59 Å². The summed E-state index contributed by atoms with van der Waals surface area (Å²) in [6.45, 7) is 4.84. The Morgan fingerprint density at radius 1 is 1.14 bits per heavy atom. The van der Waals surface area contributed by atoms with Crippen molar-refractivity contribution in [1.29, 1.82) is 0 Å². The van der Waals surface area contributed by atoms with Crippen molar-refractivity contribution >= 4 is 28.6 Å². The summed E-state index contributed by atoms with van der Waals surface area (Å²) in [5, 5.41) is 1.13. The number of thioether (sulfide) groups is 1. The lowest BCUT2D eigenvalue weighted by molar-refractivity contribution is -0.128. The predicted octanol–water partition coefficient (Wildman–Crippen LogP) is 4.05. The standard InChI is InChI=1S/C23H25N3O2S/c1-3-16-9-11-18(12-10-16)26-22(28)19-7-5-6-8-20(19)24-23(26)29-15-21(27)25(4-2)17-13-14-17/h5-12,17H,3-4,13-15H2,1-2H3. The van der Waals surface area contributed by atoms with E-state index in [1.165, 1.54) is 17.3 Å². The molecule has 0 spiro atoms. The van der Waals surface area contributed by atoms with Crippen molar-refractivity contribution in [2.45, 2.75) is 44.3 Å². The number of hydrogen-bond donors (Lipinski definition) is 0. The average Bonchev–Trinajstić information content (AvgIpc) is 3.58. The van der Waals surface area contributed by atoms with Gasteiger partial charge in [-0.2, -0.15) is 0 Å². The molecule has 0 aliphatic heterocycles. The third-order valence-corrected chi connectivity index (χ3v) is 6.24. The lowest BCUT2D eigenvalue weighted by Gasteiger charge is -2.20. The summed E-state index contributed by atoms with van der Waals surface area (Å²) >= 11 is 1.34. The van der Waals surface area contributed by atoms with Gasteiger partial charge in [-0.1, -0.05) is 43.0 Å². The highest BCUT2D eigenvalue weighted by molar-refractivity contribution is 7.99. The van der Waals surface area contributed by atoms with Crippen molar-refractivity contribution in [3.05, 3.63) is 64.4 Å². The number of carbonyl (C=O) groups is 1. The van der Waals surface area contributed by atoms with E-state index in [1.807, 2.05) is 54.3 Å². The van der Waals surface area contributed by atoms with Crippen LogP contribution in [0.25, 0.3) is 16.6 Å². The molecule has 1 amide bonds. The summed E-state index contributed by atoms with van der Waals surface area (Å²) in [4.78, 5) is 32.6. The molecular formula is C23H25N3O2S. The molecule has 1 fully saturated rings. The van der Waals surface area contributed by atoms with Crippen LogP contribution in [0.3, 0.4) is 0 Å². The second-order valence-corrected chi connectivity index (χ2v) is 8.21. The Hall–Kier alpha value is -2.60. The quantitative estimate of drug-likeness (QED) is 0.438. The van der Waals surface area contributed by atoms with Gasteiger partial charge >= 0.3 is 0 Å². The van der Waals surface area contributed by atoms with Gasteiger partial charge in [-0.3, -0.25) is 14.2 Å². The zero-order valence-corrected chi connectivity index (χ0v) is 17.6. The van der Waals surface area contributed by atoms with Crippen LogP contribution < -0.4 is 5.56 Å². The van der Waals surface area contributed by atoms with Crippen LogP contribution in [0.15, 0.2) is 58.5 Å². The molecule has 1 aliphatic rings. The van der Waals surface area contributed by atoms with Crippen LogP contribution in [0.4, 0.5) is 0 Å². The van der Waals surface area contributed by atoms with Crippen molar-refractivity contribution in [3.8, 4) is 5.69 Å². The molecule has 0 unspecified atom stereocenters. The van der Waals surface area contributed by atoms with Gasteiger partial charge in [0.15, 0.2) is 5.16 Å². The number of aromatic nitrogens is 2. The second-order valence-electron chi connectivity index (χ2n) is 7.27. The van der Waals surface area contributed by atoms with Gasteiger partial charge in [0.2, 0.25) is 5.91 Å². The highest BCUT2D eigenvalue weighted by atomic mass is 32.2. The summed E-state index contributed by atoms with van der Waals surface area (Å²) in [5.41, 5.74) is 2.53. The smallest absolute Gasteiger partial charge is 0.266 e. The first kappa shape index (κ1) is 19.7. The SMILES string of the molecule is CCc1ccc(-n2c(SCC(=O)N(CC)C3CC3)nc3ccccc3c2=O)cc1. The maximum Gasteiger partial charge on any atom is 0.266 e. The number of nitrogens with zero attached hydrogens (tertiary/aromatic N) is 3. The molecule has 3 aromatic rings. The van der Waals surface area contributed by atoms with Gasteiger partial charge in [0.05, 0.1) is 22.3 Å². The Balaban J connectivity index is 1.72. The molecule has 1 aliphatic carbocycles. The number of amides is 1. The molecule has 1 aromatic heterocycles. The summed E-state index contributed by atoms with van der Waals surface area (Å²) in [6.07, 6.45) is 3.12. The minimum absolute atomic E-state index is 0.107. The molecule has 1 heterocycles. The van der Waals surface area contributed by atoms with Crippen LogP contribution in [0.2, 0.25) is 0 Å². The Kier molecular flexibility index (Phi) is 5.72. The van der Waals surface area contributed by atoms with Crippen LogP contribution in [0, 0.1) is 0 Å². The monoisotopic (exact) mass is 407 g/mol. The first-order chi connectivity index (χ1) is 14.1. The first-order valence-electron chi connectivity index (χ1n) is 10.2. The molecule has 2 aromatic carbocycles. The number of aryl methyl sites for hydroxylation is 1. The van der Waals surface area contributed by atoms with Gasteiger partial charge < -0.3 is 4.90 Å². The van der Waals surface area contributed by atoms with Crippen molar-refractivity contribution in [2.24, 2.45) is 0 Å². The van der Waals surface area contributed by atoms with Gasteiger partial charge in [-0.05, 0) is 56.0 Å². The maximum absolute atomic E-state index is 13.3. The van der Waals surface area contributed by atoms with Crippen LogP contribution in [0.1, 0.15) is 32.3 Å². The lowest BCUT2D eigenvalue weighted by Crippen LogP contribution is -2.34. The normalized spacial score (nSPS) is 13.6. The maximum atomic E-state index is 13.3. The van der Waals surface area contributed by atoms with E-state index in [-0.39, 0.29) is 17.2 Å². The van der Waals surface area contributed by atoms with Crippen LogP contribution >= 0.6 is 11.8 Å². The van der Waals surface area contributed by atoms with E-state index in [0.717, 1.165) is 31.5 Å². The summed E-state index contributed by atoms with van der Waals surface area (Å²) in [7, 11) is 0. The van der Waals surface area contributed by atoms with E-state index in [0.29, 0.717) is 22.1 Å². The van der Waals surface area contributed by atoms with E-state index in [2.05, 4.69) is 6.92 Å². The zero-order valence-electron chi connectivity index (χ0n) is 16.8. The van der Waals surface area contributed by atoms with Crippen molar-refractivity contribution in [2.75, 3.05) is 12.3 Å². The van der Waals surface area contributed by atoms with Gasteiger partial charge in [0, 0.05) is 12.6 Å². The van der Waals surface area contributed by atoms with Crippen LogP contribution in [-0.2, 0) is 11.2 Å². The minimum Gasteiger partial charge on any atom is -0.339 e. The molecule has 0 radical (unpaired) electrons. The van der Waals surface area contributed by atoms with E-state index in [1.54, 1.807) is 10.6 Å². The van der Waals surface area contributed by atoms with Crippen LogP contribution in [0.5, 0.6) is 0 Å². The Bertz CT molecular complexity index is 1090.